The third-order valence-corrected chi connectivity index (χ3v) is 8.59. The molecular formula is C28H34F2N6O4. The molecule has 2 aliphatic carbocycles. The average Bonchev–Trinajstić information content (AvgIpc) is 3.61. The molecule has 1 unspecified atom stereocenters. The monoisotopic (exact) mass is 556 g/mol. The van der Waals surface area contributed by atoms with Gasteiger partial charge in [0.2, 0.25) is 0 Å². The van der Waals surface area contributed by atoms with Gasteiger partial charge in [-0.2, -0.15) is 8.78 Å². The number of nitrogens with two attached hydrogens (primary N) is 1. The Hall–Kier alpha value is -3.35. The number of rotatable bonds is 8. The first-order valence-corrected chi connectivity index (χ1v) is 13.7. The lowest BCUT2D eigenvalue weighted by molar-refractivity contribution is -0.0501. The maximum absolute atomic E-state index is 13.4. The van der Waals surface area contributed by atoms with Crippen molar-refractivity contribution >= 4 is 17.4 Å². The number of aliphatic hydroxyl groups is 2. The van der Waals surface area contributed by atoms with E-state index in [0.29, 0.717) is 66.2 Å². The van der Waals surface area contributed by atoms with Gasteiger partial charge in [-0.3, -0.25) is 10.1 Å². The van der Waals surface area contributed by atoms with Gasteiger partial charge in [-0.25, -0.2) is 9.50 Å². The largest absolute Gasteiger partial charge is 0.434 e. The number of halogens is 2. The predicted octanol–water partition coefficient (Wildman–Crippen LogP) is 3.61. The highest BCUT2D eigenvalue weighted by Gasteiger charge is 2.40. The third-order valence-electron chi connectivity index (χ3n) is 8.59. The first-order valence-electron chi connectivity index (χ1n) is 13.7. The van der Waals surface area contributed by atoms with Gasteiger partial charge < -0.3 is 25.6 Å². The number of ether oxygens (including phenoxy) is 1. The van der Waals surface area contributed by atoms with Crippen LogP contribution in [0.4, 0.5) is 14.6 Å². The summed E-state index contributed by atoms with van der Waals surface area (Å²) in [7, 11) is 0. The van der Waals surface area contributed by atoms with E-state index in [-0.39, 0.29) is 35.1 Å². The van der Waals surface area contributed by atoms with E-state index in [1.54, 1.807) is 23.2 Å². The summed E-state index contributed by atoms with van der Waals surface area (Å²) in [5, 5.41) is 28.8. The first-order chi connectivity index (χ1) is 19.0. The molecule has 40 heavy (non-hydrogen) atoms. The van der Waals surface area contributed by atoms with Crippen molar-refractivity contribution in [2.24, 2.45) is 5.92 Å². The molecule has 0 spiro atoms. The summed E-state index contributed by atoms with van der Waals surface area (Å²) >= 11 is 0. The number of benzene rings is 1. The molecule has 2 fully saturated rings. The summed E-state index contributed by atoms with van der Waals surface area (Å²) in [6, 6.07) is 4.86. The van der Waals surface area contributed by atoms with E-state index >= 15 is 0 Å². The molecule has 0 saturated heterocycles. The number of hydrogen-bond donors (Lipinski definition) is 4. The number of carbonyl (C=O) groups excluding carboxylic acids is 1. The smallest absolute Gasteiger partial charge is 0.387 e. The number of nitrogens with zero attached hydrogens (tertiary/aromatic N) is 4. The van der Waals surface area contributed by atoms with Crippen LogP contribution in [0, 0.1) is 5.92 Å². The summed E-state index contributed by atoms with van der Waals surface area (Å²) < 4.78 is 33.1. The lowest BCUT2D eigenvalue weighted by Gasteiger charge is -2.34. The van der Waals surface area contributed by atoms with Gasteiger partial charge in [0.15, 0.2) is 11.5 Å². The molecule has 2 saturated carbocycles. The molecule has 2 aromatic heterocycles. The second-order valence-electron chi connectivity index (χ2n) is 11.6. The van der Waals surface area contributed by atoms with Crippen LogP contribution < -0.4 is 15.8 Å². The predicted molar refractivity (Wildman–Crippen MR) is 143 cm³/mol. The number of aliphatic hydroxyl groups excluding tert-OH is 1. The molecule has 6 rings (SSSR count). The molecule has 10 nitrogen and oxygen atoms in total. The Morgan fingerprint density at radius 3 is 2.62 bits per heavy atom. The van der Waals surface area contributed by atoms with Crippen molar-refractivity contribution in [3.05, 3.63) is 41.1 Å². The van der Waals surface area contributed by atoms with Crippen LogP contribution in [0.15, 0.2) is 24.4 Å². The fourth-order valence-electron chi connectivity index (χ4n) is 6.04. The molecule has 3 aliphatic rings. The van der Waals surface area contributed by atoms with Gasteiger partial charge >= 0.3 is 6.61 Å². The highest BCUT2D eigenvalue weighted by Crippen LogP contribution is 2.42. The van der Waals surface area contributed by atoms with Crippen LogP contribution in [0.2, 0.25) is 0 Å². The molecule has 2 atom stereocenters. The Bertz CT molecular complexity index is 1450. The first kappa shape index (κ1) is 26.9. The number of nitrogen functional groups attached to an aromatic ring is 1. The van der Waals surface area contributed by atoms with Gasteiger partial charge in [0.1, 0.15) is 12.0 Å². The van der Waals surface area contributed by atoms with Gasteiger partial charge in [0, 0.05) is 30.4 Å². The Morgan fingerprint density at radius 1 is 1.23 bits per heavy atom. The zero-order valence-electron chi connectivity index (χ0n) is 22.5. The van der Waals surface area contributed by atoms with Crippen molar-refractivity contribution < 1.29 is 28.5 Å². The van der Waals surface area contributed by atoms with Crippen LogP contribution in [0.25, 0.3) is 16.9 Å². The van der Waals surface area contributed by atoms with E-state index in [1.165, 1.54) is 10.6 Å². The topological polar surface area (TPSA) is 138 Å². The van der Waals surface area contributed by atoms with E-state index in [1.807, 2.05) is 13.8 Å². The summed E-state index contributed by atoms with van der Waals surface area (Å²) in [5.41, 5.74) is 7.79. The van der Waals surface area contributed by atoms with E-state index in [9.17, 15) is 23.8 Å². The SMILES string of the molecule is C[C@@H](C1CC1)N1Cc2cc(-c3ccn4nc(N)c(C(O)N[C@H]5CC[C@@](C)(O)CC5)c4n3)cc(OC(F)F)c2C1=O. The zero-order chi connectivity index (χ0) is 28.3. The minimum Gasteiger partial charge on any atom is -0.434 e. The highest BCUT2D eigenvalue weighted by atomic mass is 19.3. The van der Waals surface area contributed by atoms with Gasteiger partial charge in [0.25, 0.3) is 5.91 Å². The minimum atomic E-state index is -3.09. The summed E-state index contributed by atoms with van der Waals surface area (Å²) in [6.45, 7) is 1.02. The quantitative estimate of drug-likeness (QED) is 0.309. The van der Waals surface area contributed by atoms with Gasteiger partial charge in [-0.15, -0.1) is 5.10 Å². The van der Waals surface area contributed by atoms with Crippen LogP contribution in [-0.4, -0.2) is 59.9 Å². The van der Waals surface area contributed by atoms with E-state index in [2.05, 4.69) is 10.4 Å². The van der Waals surface area contributed by atoms with E-state index < -0.39 is 18.4 Å². The lowest BCUT2D eigenvalue weighted by atomic mass is 9.83. The third kappa shape index (κ3) is 4.99. The van der Waals surface area contributed by atoms with Crippen LogP contribution in [0.1, 0.15) is 80.1 Å². The Labute approximate surface area is 230 Å². The van der Waals surface area contributed by atoms with Crippen molar-refractivity contribution in [3.8, 4) is 17.0 Å². The molecule has 1 aromatic carbocycles. The molecule has 3 aromatic rings. The summed E-state index contributed by atoms with van der Waals surface area (Å²) in [6.07, 6.45) is 5.20. The normalized spacial score (nSPS) is 24.5. The second kappa shape index (κ2) is 9.93. The van der Waals surface area contributed by atoms with Crippen molar-refractivity contribution in [1.29, 1.82) is 0 Å². The lowest BCUT2D eigenvalue weighted by Crippen LogP contribution is -2.41. The number of nitrogens with one attached hydrogen (secondary N) is 1. The van der Waals surface area contributed by atoms with Crippen LogP contribution in [0.3, 0.4) is 0 Å². The van der Waals surface area contributed by atoms with Crippen LogP contribution in [0.5, 0.6) is 5.75 Å². The van der Waals surface area contributed by atoms with Gasteiger partial charge in [-0.05, 0) is 82.1 Å². The molecule has 3 heterocycles. The maximum atomic E-state index is 13.4. The molecule has 1 aliphatic heterocycles. The standard InChI is InChI=1S/C28H34F2N6O4/c1-14(15-3-4-15)35-13-17-11-16(12-20(40-27(29)30)21(17)26(35)38)19-7-10-36-24(33-19)22(23(31)34-36)25(37)32-18-5-8-28(2,39)9-6-18/h7,10-12,14-15,18,25,27,32,37,39H,3-6,8-9,13H2,1-2H3,(H2,31,34)/t14-,18-,25?,28+/m0/s1. The number of anilines is 1. The van der Waals surface area contributed by atoms with Crippen molar-refractivity contribution in [2.75, 3.05) is 5.73 Å². The molecule has 0 radical (unpaired) electrons. The zero-order valence-corrected chi connectivity index (χ0v) is 22.5. The van der Waals surface area contributed by atoms with Gasteiger partial charge in [-0.1, -0.05) is 0 Å². The molecular weight excluding hydrogens is 522 g/mol. The number of carbonyl (C=O) groups is 1. The number of aromatic nitrogens is 3. The summed E-state index contributed by atoms with van der Waals surface area (Å²) in [5.74, 6) is 0.0549. The number of fused-ring (bicyclic) bond motifs is 2. The maximum Gasteiger partial charge on any atom is 0.387 e. The molecule has 12 heteroatoms. The molecule has 0 bridgehead atoms. The second-order valence-corrected chi connectivity index (χ2v) is 11.6. The van der Waals surface area contributed by atoms with E-state index in [0.717, 1.165) is 12.8 Å². The van der Waals surface area contributed by atoms with Crippen LogP contribution in [-0.2, 0) is 6.54 Å². The number of amides is 1. The molecule has 5 N–H and O–H groups in total. The van der Waals surface area contributed by atoms with Crippen molar-refractivity contribution in [2.45, 2.75) is 89.4 Å². The van der Waals surface area contributed by atoms with Crippen molar-refractivity contribution in [3.63, 3.8) is 0 Å². The molecule has 1 amide bonds. The van der Waals surface area contributed by atoms with Crippen LogP contribution >= 0.6 is 0 Å². The van der Waals surface area contributed by atoms with Gasteiger partial charge in [0.05, 0.1) is 22.4 Å². The Balaban J connectivity index is 1.33. The average molecular weight is 557 g/mol. The number of alkyl halides is 2. The highest BCUT2D eigenvalue weighted by molar-refractivity contribution is 6.02. The Kier molecular flexibility index (Phi) is 6.67. The summed E-state index contributed by atoms with van der Waals surface area (Å²) in [4.78, 5) is 19.7. The number of hydrogen-bond acceptors (Lipinski definition) is 8. The van der Waals surface area contributed by atoms with Crippen molar-refractivity contribution in [1.82, 2.24) is 24.8 Å². The Morgan fingerprint density at radius 2 is 1.95 bits per heavy atom. The minimum absolute atomic E-state index is 0.0128. The fraction of sp³-hybridized carbons (Fsp3) is 0.536. The fourth-order valence-corrected chi connectivity index (χ4v) is 6.04. The molecule has 214 valence electrons. The van der Waals surface area contributed by atoms with E-state index in [4.69, 9.17) is 15.5 Å².